The van der Waals surface area contributed by atoms with Crippen molar-refractivity contribution in [1.29, 1.82) is 0 Å². The first-order chi connectivity index (χ1) is 17.0. The zero-order chi connectivity index (χ0) is 24.0. The maximum absolute atomic E-state index is 13.2. The van der Waals surface area contributed by atoms with Crippen LogP contribution in [0.25, 0.3) is 0 Å². The molecule has 0 atom stereocenters. The fourth-order valence-electron chi connectivity index (χ4n) is 5.31. The Morgan fingerprint density at radius 2 is 1.54 bits per heavy atom. The second-order valence-corrected chi connectivity index (χ2v) is 10.8. The number of amides is 1. The maximum Gasteiger partial charge on any atom is 0.285 e. The number of amidine groups is 1. The topological polar surface area (TPSA) is 82.1 Å². The first kappa shape index (κ1) is 21.9. The number of hydrogen-bond acceptors (Lipinski definition) is 5. The number of anilines is 3. The van der Waals surface area contributed by atoms with Crippen LogP contribution >= 0.6 is 0 Å². The van der Waals surface area contributed by atoms with Crippen molar-refractivity contribution in [2.45, 2.75) is 24.2 Å². The molecule has 6 rings (SSSR count). The van der Waals surface area contributed by atoms with Gasteiger partial charge in [0.25, 0.3) is 10.0 Å². The molecule has 1 N–H and O–H groups in total. The predicted molar refractivity (Wildman–Crippen MR) is 137 cm³/mol. The van der Waals surface area contributed by atoms with Gasteiger partial charge in [-0.3, -0.25) is 4.79 Å². The number of nitrogens with one attached hydrogen (secondary N) is 1. The fraction of sp³-hybridized carbons (Fsp3) is 0.259. The number of benzene rings is 3. The summed E-state index contributed by atoms with van der Waals surface area (Å²) >= 11 is 0. The average molecular weight is 487 g/mol. The average Bonchev–Trinajstić information content (AvgIpc) is 3.43. The van der Waals surface area contributed by atoms with Gasteiger partial charge >= 0.3 is 0 Å². The molecule has 1 fully saturated rings. The smallest absolute Gasteiger partial charge is 0.285 e. The summed E-state index contributed by atoms with van der Waals surface area (Å²) in [6.07, 6.45) is 2.27. The van der Waals surface area contributed by atoms with Gasteiger partial charge in [-0.1, -0.05) is 42.5 Å². The summed E-state index contributed by atoms with van der Waals surface area (Å²) in [5.74, 6) is 0.363. The molecule has 0 aliphatic carbocycles. The molecule has 0 bridgehead atoms. The minimum absolute atomic E-state index is 0.00552. The number of nitrogens with zero attached hydrogens (tertiary/aromatic N) is 3. The second-order valence-electron chi connectivity index (χ2n) is 9.18. The van der Waals surface area contributed by atoms with E-state index >= 15 is 0 Å². The number of carbonyl (C=O) groups excluding carboxylic acids is 1. The van der Waals surface area contributed by atoms with Crippen LogP contribution in [-0.2, 0) is 21.2 Å². The van der Waals surface area contributed by atoms with Crippen molar-refractivity contribution in [2.75, 3.05) is 29.9 Å². The van der Waals surface area contributed by atoms with Gasteiger partial charge < -0.3 is 15.1 Å². The Labute approximate surface area is 205 Å². The van der Waals surface area contributed by atoms with Crippen LogP contribution in [0.3, 0.4) is 0 Å². The summed E-state index contributed by atoms with van der Waals surface area (Å²) in [6.45, 7) is 2.06. The van der Waals surface area contributed by atoms with Gasteiger partial charge in [-0.25, -0.2) is 0 Å². The quantitative estimate of drug-likeness (QED) is 0.601. The van der Waals surface area contributed by atoms with Gasteiger partial charge in [0, 0.05) is 36.8 Å². The highest BCUT2D eigenvalue weighted by atomic mass is 32.2. The monoisotopic (exact) mass is 486 g/mol. The molecule has 3 aromatic rings. The SMILES string of the molecule is O=C(Nc1ccccc1N1CCc2ccccc21)C1CCN(C2=NS(=O)(=O)c3ccccc32)CC1. The molecule has 0 unspecified atom stereocenters. The van der Waals surface area contributed by atoms with E-state index in [-0.39, 0.29) is 16.7 Å². The van der Waals surface area contributed by atoms with Crippen LogP contribution in [0.2, 0.25) is 0 Å². The molecule has 1 amide bonds. The van der Waals surface area contributed by atoms with Gasteiger partial charge in [-0.05, 0) is 55.2 Å². The molecular weight excluding hydrogens is 460 g/mol. The lowest BCUT2D eigenvalue weighted by molar-refractivity contribution is -0.120. The summed E-state index contributed by atoms with van der Waals surface area (Å²) in [6, 6.07) is 23.3. The Bertz CT molecular complexity index is 1440. The molecule has 0 aromatic heterocycles. The number of fused-ring (bicyclic) bond motifs is 2. The van der Waals surface area contributed by atoms with Crippen LogP contribution in [0.4, 0.5) is 17.1 Å². The molecular formula is C27H26N4O3S. The molecule has 0 spiro atoms. The van der Waals surface area contributed by atoms with Crippen LogP contribution in [0, 0.1) is 5.92 Å². The number of carbonyl (C=O) groups is 1. The van der Waals surface area contributed by atoms with E-state index in [0.717, 1.165) is 24.3 Å². The molecule has 1 saturated heterocycles. The lowest BCUT2D eigenvalue weighted by Gasteiger charge is -2.33. The molecule has 3 aromatic carbocycles. The van der Waals surface area contributed by atoms with Gasteiger partial charge in [0.05, 0.1) is 11.4 Å². The molecule has 7 nitrogen and oxygen atoms in total. The number of likely N-dealkylation sites (tertiary alicyclic amines) is 1. The van der Waals surface area contributed by atoms with Crippen molar-refractivity contribution in [3.8, 4) is 0 Å². The molecule has 3 aliphatic rings. The van der Waals surface area contributed by atoms with E-state index < -0.39 is 10.0 Å². The number of para-hydroxylation sites is 3. The highest BCUT2D eigenvalue weighted by Crippen LogP contribution is 2.38. The van der Waals surface area contributed by atoms with Crippen molar-refractivity contribution in [2.24, 2.45) is 10.3 Å². The van der Waals surface area contributed by atoms with Gasteiger partial charge in [-0.2, -0.15) is 8.42 Å². The Balaban J connectivity index is 1.15. The Morgan fingerprint density at radius 1 is 0.857 bits per heavy atom. The number of sulfonamides is 1. The third kappa shape index (κ3) is 3.87. The number of hydrogen-bond donors (Lipinski definition) is 1. The van der Waals surface area contributed by atoms with Gasteiger partial charge in [-0.15, -0.1) is 4.40 Å². The molecule has 3 heterocycles. The summed E-state index contributed by atoms with van der Waals surface area (Å²) in [4.78, 5) is 17.8. The van der Waals surface area contributed by atoms with Crippen molar-refractivity contribution < 1.29 is 13.2 Å². The van der Waals surface area contributed by atoms with E-state index in [1.807, 2.05) is 35.2 Å². The second kappa shape index (κ2) is 8.53. The highest BCUT2D eigenvalue weighted by Gasteiger charge is 2.34. The molecule has 8 heteroatoms. The predicted octanol–water partition coefficient (Wildman–Crippen LogP) is 4.18. The van der Waals surface area contributed by atoms with Gasteiger partial charge in [0.1, 0.15) is 4.90 Å². The van der Waals surface area contributed by atoms with E-state index in [9.17, 15) is 13.2 Å². The molecule has 0 saturated carbocycles. The minimum atomic E-state index is -3.65. The summed E-state index contributed by atoms with van der Waals surface area (Å²) in [7, 11) is -3.65. The number of rotatable bonds is 3. The standard InChI is InChI=1S/C27H26N4O3S/c32-27(28-22-9-3-5-11-24(22)31-18-15-19-7-1-4-10-23(19)31)20-13-16-30(17-14-20)26-21-8-2-6-12-25(21)35(33,34)29-26/h1-12,20H,13-18H2,(H,28,32). The summed E-state index contributed by atoms with van der Waals surface area (Å²) in [5.41, 5.74) is 4.98. The van der Waals surface area contributed by atoms with Crippen LogP contribution in [0.15, 0.2) is 82.1 Å². The Hall–Kier alpha value is -3.65. The lowest BCUT2D eigenvalue weighted by Crippen LogP contribution is -2.41. The van der Waals surface area contributed by atoms with Gasteiger partial charge in [0.2, 0.25) is 5.91 Å². The molecule has 35 heavy (non-hydrogen) atoms. The first-order valence-corrected chi connectivity index (χ1v) is 13.4. The lowest BCUT2D eigenvalue weighted by atomic mass is 9.95. The van der Waals surface area contributed by atoms with Crippen LogP contribution in [0.1, 0.15) is 24.0 Å². The van der Waals surface area contributed by atoms with Crippen LogP contribution in [0.5, 0.6) is 0 Å². The minimum Gasteiger partial charge on any atom is -0.355 e. The normalized spacial score (nSPS) is 18.7. The van der Waals surface area contributed by atoms with Crippen molar-refractivity contribution in [3.05, 3.63) is 83.9 Å². The van der Waals surface area contributed by atoms with Crippen molar-refractivity contribution >= 4 is 38.8 Å². The largest absolute Gasteiger partial charge is 0.355 e. The third-order valence-electron chi connectivity index (χ3n) is 7.12. The fourth-order valence-corrected chi connectivity index (χ4v) is 6.54. The number of piperidine rings is 1. The van der Waals surface area contributed by atoms with Crippen LogP contribution in [-0.4, -0.2) is 44.7 Å². The van der Waals surface area contributed by atoms with E-state index in [1.54, 1.807) is 18.2 Å². The zero-order valence-electron chi connectivity index (χ0n) is 19.2. The molecule has 0 radical (unpaired) electrons. The van der Waals surface area contributed by atoms with Gasteiger partial charge in [0.15, 0.2) is 5.84 Å². The Morgan fingerprint density at radius 3 is 2.37 bits per heavy atom. The summed E-state index contributed by atoms with van der Waals surface area (Å²) in [5, 5.41) is 3.18. The molecule has 178 valence electrons. The Kier molecular flexibility index (Phi) is 5.33. The van der Waals surface area contributed by atoms with Crippen molar-refractivity contribution in [1.82, 2.24) is 4.90 Å². The first-order valence-electron chi connectivity index (χ1n) is 12.0. The van der Waals surface area contributed by atoms with E-state index in [1.165, 1.54) is 11.3 Å². The van der Waals surface area contributed by atoms with E-state index in [2.05, 4.69) is 38.9 Å². The highest BCUT2D eigenvalue weighted by molar-refractivity contribution is 7.90. The van der Waals surface area contributed by atoms with Crippen molar-refractivity contribution in [3.63, 3.8) is 0 Å². The molecule has 3 aliphatic heterocycles. The van der Waals surface area contributed by atoms with Crippen LogP contribution < -0.4 is 10.2 Å². The maximum atomic E-state index is 13.2. The van der Waals surface area contributed by atoms with E-state index in [4.69, 9.17) is 0 Å². The third-order valence-corrected chi connectivity index (χ3v) is 8.44. The summed E-state index contributed by atoms with van der Waals surface area (Å²) < 4.78 is 28.9. The van der Waals surface area contributed by atoms with E-state index in [0.29, 0.717) is 37.3 Å². The zero-order valence-corrected chi connectivity index (χ0v) is 20.0.